The van der Waals surface area contributed by atoms with Gasteiger partial charge in [0.15, 0.2) is 0 Å². The summed E-state index contributed by atoms with van der Waals surface area (Å²) >= 11 is 0. The quantitative estimate of drug-likeness (QED) is 0.0502. The topological polar surface area (TPSA) is 98.7 Å². The molecule has 0 fully saturated rings. The second-order valence-corrected chi connectivity index (χ2v) is 14.1. The van der Waals surface area contributed by atoms with Crippen LogP contribution in [-0.4, -0.2) is 47.3 Å². The van der Waals surface area contributed by atoms with Gasteiger partial charge in [0.2, 0.25) is 11.8 Å². The molecule has 0 aliphatic rings. The Kier molecular flexibility index (Phi) is 35.8. The highest BCUT2D eigenvalue weighted by atomic mass is 16.3. The third-order valence-electron chi connectivity index (χ3n) is 9.47. The maximum absolute atomic E-state index is 12.1. The fourth-order valence-electron chi connectivity index (χ4n) is 6.24. The van der Waals surface area contributed by atoms with Gasteiger partial charge in [-0.3, -0.25) is 9.59 Å². The van der Waals surface area contributed by atoms with Crippen molar-refractivity contribution in [2.75, 3.05) is 13.1 Å². The minimum Gasteiger partial charge on any atom is -0.383 e. The molecule has 0 bridgehead atoms. The fourth-order valence-corrected chi connectivity index (χ4v) is 6.24. The van der Waals surface area contributed by atoms with E-state index in [0.29, 0.717) is 25.9 Å². The number of rotatable bonds is 37. The summed E-state index contributed by atoms with van der Waals surface area (Å²) in [5.41, 5.74) is 0. The van der Waals surface area contributed by atoms with Crippen molar-refractivity contribution in [3.05, 3.63) is 0 Å². The third kappa shape index (κ3) is 32.8. The molecule has 6 heteroatoms. The van der Waals surface area contributed by atoms with Crippen molar-refractivity contribution in [2.24, 2.45) is 0 Å². The number of amides is 2. The zero-order valence-electron chi connectivity index (χ0n) is 30.9. The van der Waals surface area contributed by atoms with Gasteiger partial charge in [0.1, 0.15) is 12.2 Å². The number of nitrogens with one attached hydrogen (secondary N) is 2. The molecule has 0 aliphatic carbocycles. The Morgan fingerprint density at radius 1 is 0.370 bits per heavy atom. The standard InChI is InChI=1S/C40H80N2O4/c1-3-5-7-9-11-13-15-17-19-21-23-25-27-29-33-37(43)39(45)41-35-31-32-36-42-40(46)38(44)34-30-28-26-24-22-20-18-16-14-12-10-8-6-4-2/h37-38,43-44H,3-36H2,1-2H3,(H,41,45)(H,42,46). The zero-order valence-corrected chi connectivity index (χ0v) is 30.9. The lowest BCUT2D eigenvalue weighted by Crippen LogP contribution is -2.36. The number of aliphatic hydroxyl groups excluding tert-OH is 2. The van der Waals surface area contributed by atoms with Gasteiger partial charge in [-0.1, -0.05) is 194 Å². The van der Waals surface area contributed by atoms with Crippen LogP contribution in [-0.2, 0) is 9.59 Å². The highest BCUT2D eigenvalue weighted by Crippen LogP contribution is 2.15. The number of aliphatic hydroxyl groups is 2. The molecule has 0 aromatic heterocycles. The van der Waals surface area contributed by atoms with Gasteiger partial charge in [-0.2, -0.15) is 0 Å². The van der Waals surface area contributed by atoms with Crippen molar-refractivity contribution in [1.82, 2.24) is 10.6 Å². The van der Waals surface area contributed by atoms with E-state index in [2.05, 4.69) is 24.5 Å². The van der Waals surface area contributed by atoms with E-state index >= 15 is 0 Å². The molecule has 0 heterocycles. The van der Waals surface area contributed by atoms with Gasteiger partial charge in [-0.05, 0) is 25.7 Å². The van der Waals surface area contributed by atoms with Gasteiger partial charge in [-0.15, -0.1) is 0 Å². The predicted molar refractivity (Wildman–Crippen MR) is 197 cm³/mol. The van der Waals surface area contributed by atoms with E-state index in [9.17, 15) is 19.8 Å². The van der Waals surface area contributed by atoms with E-state index < -0.39 is 12.2 Å². The Hall–Kier alpha value is -1.14. The molecule has 0 saturated carbocycles. The molecule has 0 aromatic carbocycles. The molecule has 274 valence electrons. The Morgan fingerprint density at radius 3 is 0.826 bits per heavy atom. The molecular weight excluding hydrogens is 572 g/mol. The number of carbonyl (C=O) groups excluding carboxylic acids is 2. The molecule has 0 aromatic rings. The van der Waals surface area contributed by atoms with Crippen LogP contribution in [0.25, 0.3) is 0 Å². The van der Waals surface area contributed by atoms with Crippen LogP contribution in [0.5, 0.6) is 0 Å². The van der Waals surface area contributed by atoms with E-state index in [-0.39, 0.29) is 11.8 Å². The van der Waals surface area contributed by atoms with Gasteiger partial charge < -0.3 is 20.8 Å². The first kappa shape index (κ1) is 44.9. The summed E-state index contributed by atoms with van der Waals surface area (Å²) in [4.78, 5) is 24.3. The summed E-state index contributed by atoms with van der Waals surface area (Å²) in [5, 5.41) is 25.9. The van der Waals surface area contributed by atoms with Gasteiger partial charge in [0.05, 0.1) is 0 Å². The maximum atomic E-state index is 12.1. The van der Waals surface area contributed by atoms with E-state index in [0.717, 1.165) is 38.5 Å². The molecule has 0 saturated heterocycles. The fraction of sp³-hybridized carbons (Fsp3) is 0.950. The van der Waals surface area contributed by atoms with E-state index in [1.165, 1.54) is 154 Å². The van der Waals surface area contributed by atoms with Crippen molar-refractivity contribution in [3.8, 4) is 0 Å². The number of hydrogen-bond donors (Lipinski definition) is 4. The van der Waals surface area contributed by atoms with Crippen LogP contribution < -0.4 is 10.6 Å². The minimum atomic E-state index is -0.929. The number of carbonyl (C=O) groups is 2. The van der Waals surface area contributed by atoms with Crippen LogP contribution in [0.2, 0.25) is 0 Å². The van der Waals surface area contributed by atoms with Gasteiger partial charge >= 0.3 is 0 Å². The average molecular weight is 653 g/mol. The highest BCUT2D eigenvalue weighted by Gasteiger charge is 2.15. The molecule has 0 aliphatic heterocycles. The Bertz CT molecular complexity index is 591. The SMILES string of the molecule is CCCCCCCCCCCCCCCCC(O)C(=O)NCCCCNC(=O)C(O)CCCCCCCCCCCCCCCC. The second kappa shape index (κ2) is 36.7. The largest absolute Gasteiger partial charge is 0.383 e. The van der Waals surface area contributed by atoms with Crippen LogP contribution in [0.1, 0.15) is 219 Å². The first-order valence-electron chi connectivity index (χ1n) is 20.4. The smallest absolute Gasteiger partial charge is 0.248 e. The summed E-state index contributed by atoms with van der Waals surface area (Å²) in [7, 11) is 0. The van der Waals surface area contributed by atoms with Crippen molar-refractivity contribution in [3.63, 3.8) is 0 Å². The maximum Gasteiger partial charge on any atom is 0.248 e. The van der Waals surface area contributed by atoms with Crippen molar-refractivity contribution >= 4 is 11.8 Å². The lowest BCUT2D eigenvalue weighted by atomic mass is 10.0. The summed E-state index contributed by atoms with van der Waals surface area (Å²) in [6.45, 7) is 5.52. The van der Waals surface area contributed by atoms with E-state index in [4.69, 9.17) is 0 Å². The minimum absolute atomic E-state index is 0.290. The van der Waals surface area contributed by atoms with Crippen LogP contribution in [0.4, 0.5) is 0 Å². The van der Waals surface area contributed by atoms with Crippen molar-refractivity contribution < 1.29 is 19.8 Å². The first-order valence-corrected chi connectivity index (χ1v) is 20.4. The van der Waals surface area contributed by atoms with Crippen molar-refractivity contribution in [1.29, 1.82) is 0 Å². The van der Waals surface area contributed by atoms with Crippen LogP contribution in [0.3, 0.4) is 0 Å². The number of hydrogen-bond acceptors (Lipinski definition) is 4. The monoisotopic (exact) mass is 653 g/mol. The number of unbranched alkanes of at least 4 members (excludes halogenated alkanes) is 27. The molecule has 0 spiro atoms. The van der Waals surface area contributed by atoms with E-state index in [1.807, 2.05) is 0 Å². The van der Waals surface area contributed by atoms with Gasteiger partial charge in [0.25, 0.3) is 0 Å². The summed E-state index contributed by atoms with van der Waals surface area (Å²) in [5.74, 6) is -0.579. The molecule has 2 unspecified atom stereocenters. The zero-order chi connectivity index (χ0) is 33.8. The Balaban J connectivity index is 3.46. The molecule has 6 nitrogen and oxygen atoms in total. The molecule has 4 N–H and O–H groups in total. The average Bonchev–Trinajstić information content (AvgIpc) is 3.06. The van der Waals surface area contributed by atoms with Crippen molar-refractivity contribution in [2.45, 2.75) is 232 Å². The summed E-state index contributed by atoms with van der Waals surface area (Å²) in [6, 6.07) is 0. The van der Waals surface area contributed by atoms with Gasteiger partial charge in [0, 0.05) is 13.1 Å². The summed E-state index contributed by atoms with van der Waals surface area (Å²) in [6.07, 6.45) is 36.8. The van der Waals surface area contributed by atoms with Crippen LogP contribution >= 0.6 is 0 Å². The van der Waals surface area contributed by atoms with Crippen LogP contribution in [0.15, 0.2) is 0 Å². The van der Waals surface area contributed by atoms with Crippen LogP contribution in [0, 0.1) is 0 Å². The molecule has 46 heavy (non-hydrogen) atoms. The van der Waals surface area contributed by atoms with Gasteiger partial charge in [-0.25, -0.2) is 0 Å². The molecule has 0 radical (unpaired) electrons. The molecule has 2 atom stereocenters. The molecular formula is C40H80N2O4. The predicted octanol–water partition coefficient (Wildman–Crippen LogP) is 10.5. The van der Waals surface area contributed by atoms with E-state index in [1.54, 1.807) is 0 Å². The second-order valence-electron chi connectivity index (χ2n) is 14.1. The lowest BCUT2D eigenvalue weighted by molar-refractivity contribution is -0.130. The lowest BCUT2D eigenvalue weighted by Gasteiger charge is -2.13. The Labute approximate surface area is 286 Å². The summed E-state index contributed by atoms with van der Waals surface area (Å²) < 4.78 is 0. The highest BCUT2D eigenvalue weighted by molar-refractivity contribution is 5.80. The molecule has 0 rings (SSSR count). The first-order chi connectivity index (χ1) is 22.5. The molecule has 2 amide bonds. The Morgan fingerprint density at radius 2 is 0.587 bits per heavy atom. The normalized spacial score (nSPS) is 12.7. The third-order valence-corrected chi connectivity index (χ3v) is 9.47.